The first kappa shape index (κ1) is 21.9. The van der Waals surface area contributed by atoms with Crippen LogP contribution in [0.15, 0.2) is 47.2 Å². The molecule has 0 aliphatic heterocycles. The van der Waals surface area contributed by atoms with Crippen molar-refractivity contribution in [3.63, 3.8) is 0 Å². The molecule has 10 heteroatoms. The van der Waals surface area contributed by atoms with Crippen molar-refractivity contribution in [2.45, 2.75) is 19.4 Å². The number of aromatic nitrogens is 4. The fourth-order valence-corrected chi connectivity index (χ4v) is 5.65. The molecule has 0 spiro atoms. The minimum atomic E-state index is -0.584. The highest BCUT2D eigenvalue weighted by molar-refractivity contribution is 9.10. The van der Waals surface area contributed by atoms with Crippen LogP contribution in [0.2, 0.25) is 0 Å². The second kappa shape index (κ2) is 9.14. The maximum Gasteiger partial charge on any atom is 0.251 e. The van der Waals surface area contributed by atoms with Gasteiger partial charge in [-0.05, 0) is 58.6 Å². The maximum atomic E-state index is 11.7. The molecule has 1 aliphatic rings. The molecule has 168 valence electrons. The van der Waals surface area contributed by atoms with Crippen molar-refractivity contribution in [2.75, 3.05) is 19.0 Å². The standard InChI is InChI=1S/C23H20BrN5O3S/c1-32-12-13-4-7-18(16(24)9-13)29-21-15(20(28-29)14-3-2-8-25-10-14)5-6-17-22(21)33-23(26-17)27-19(31)11-30/h2-4,7-10,30H,5-6,11-12H2,1H3,(H,26,27,31). The summed E-state index contributed by atoms with van der Waals surface area (Å²) in [4.78, 5) is 21.6. The highest BCUT2D eigenvalue weighted by atomic mass is 79.9. The van der Waals surface area contributed by atoms with Crippen LogP contribution in [0.1, 0.15) is 16.8 Å². The summed E-state index contributed by atoms with van der Waals surface area (Å²) in [5.41, 5.74) is 6.75. The molecular formula is C23H20BrN5O3S. The molecule has 0 saturated carbocycles. The lowest BCUT2D eigenvalue weighted by molar-refractivity contribution is -0.118. The number of pyridine rings is 1. The first-order valence-corrected chi connectivity index (χ1v) is 11.9. The number of carbonyl (C=O) groups excluding carboxylic acids is 1. The second-order valence-corrected chi connectivity index (χ2v) is 9.40. The van der Waals surface area contributed by atoms with Crippen LogP contribution in [-0.4, -0.2) is 44.5 Å². The minimum absolute atomic E-state index is 0.470. The van der Waals surface area contributed by atoms with Crippen LogP contribution in [0, 0.1) is 0 Å². The Morgan fingerprint density at radius 1 is 1.33 bits per heavy atom. The van der Waals surface area contributed by atoms with E-state index >= 15 is 0 Å². The second-order valence-electron chi connectivity index (χ2n) is 7.55. The van der Waals surface area contributed by atoms with Gasteiger partial charge in [-0.15, -0.1) is 0 Å². The molecule has 4 aromatic rings. The molecule has 1 aliphatic carbocycles. The van der Waals surface area contributed by atoms with Crippen LogP contribution in [-0.2, 0) is 29.0 Å². The summed E-state index contributed by atoms with van der Waals surface area (Å²) in [6, 6.07) is 9.97. The van der Waals surface area contributed by atoms with Gasteiger partial charge in [0, 0.05) is 35.1 Å². The highest BCUT2D eigenvalue weighted by Crippen LogP contribution is 2.44. The Balaban J connectivity index is 1.70. The largest absolute Gasteiger partial charge is 0.387 e. The normalized spacial score (nSPS) is 12.3. The molecular weight excluding hydrogens is 506 g/mol. The molecule has 3 aromatic heterocycles. The lowest BCUT2D eigenvalue weighted by Gasteiger charge is -2.15. The zero-order chi connectivity index (χ0) is 22.9. The van der Waals surface area contributed by atoms with E-state index < -0.39 is 12.5 Å². The van der Waals surface area contributed by atoms with E-state index in [9.17, 15) is 4.79 Å². The number of carbonyl (C=O) groups is 1. The van der Waals surface area contributed by atoms with Crippen molar-refractivity contribution in [2.24, 2.45) is 0 Å². The van der Waals surface area contributed by atoms with E-state index in [2.05, 4.69) is 31.2 Å². The fourth-order valence-electron chi connectivity index (χ4n) is 3.97. The van der Waals surface area contributed by atoms with Crippen LogP contribution in [0.5, 0.6) is 0 Å². The molecule has 1 aromatic carbocycles. The highest BCUT2D eigenvalue weighted by Gasteiger charge is 2.30. The SMILES string of the molecule is COCc1ccc(-n2nc(-c3cccnc3)c3c2-c2sc(NC(=O)CO)nc2CC3)c(Br)c1. The lowest BCUT2D eigenvalue weighted by atomic mass is 9.95. The number of halogens is 1. The van der Waals surface area contributed by atoms with Gasteiger partial charge in [-0.3, -0.25) is 15.1 Å². The number of thiazole rings is 1. The average molecular weight is 526 g/mol. The van der Waals surface area contributed by atoms with Gasteiger partial charge >= 0.3 is 0 Å². The summed E-state index contributed by atoms with van der Waals surface area (Å²) in [6.45, 7) is -0.0662. The fraction of sp³-hybridized carbons (Fsp3) is 0.217. The Labute approximate surface area is 202 Å². The van der Waals surface area contributed by atoms with Gasteiger partial charge in [0.1, 0.15) is 6.61 Å². The molecule has 0 radical (unpaired) electrons. The summed E-state index contributed by atoms with van der Waals surface area (Å²) in [7, 11) is 1.67. The van der Waals surface area contributed by atoms with Crippen molar-refractivity contribution >= 4 is 38.3 Å². The zero-order valence-electron chi connectivity index (χ0n) is 17.7. The third kappa shape index (κ3) is 4.10. The van der Waals surface area contributed by atoms with Crippen molar-refractivity contribution in [3.05, 3.63) is 64.0 Å². The monoisotopic (exact) mass is 525 g/mol. The minimum Gasteiger partial charge on any atom is -0.387 e. The molecule has 0 atom stereocenters. The van der Waals surface area contributed by atoms with Crippen molar-refractivity contribution in [1.29, 1.82) is 0 Å². The number of aryl methyl sites for hydroxylation is 1. The summed E-state index contributed by atoms with van der Waals surface area (Å²) < 4.78 is 8.09. The number of hydrogen-bond donors (Lipinski definition) is 2. The van der Waals surface area contributed by atoms with Gasteiger partial charge in [0.15, 0.2) is 5.13 Å². The Hall–Kier alpha value is -2.92. The molecule has 33 heavy (non-hydrogen) atoms. The van der Waals surface area contributed by atoms with E-state index in [1.807, 2.05) is 41.2 Å². The number of rotatable bonds is 6. The van der Waals surface area contributed by atoms with Gasteiger partial charge in [0.05, 0.1) is 34.3 Å². The smallest absolute Gasteiger partial charge is 0.251 e. The Morgan fingerprint density at radius 2 is 2.21 bits per heavy atom. The van der Waals surface area contributed by atoms with Gasteiger partial charge in [0.2, 0.25) is 0 Å². The third-order valence-corrected chi connectivity index (χ3v) is 7.04. The van der Waals surface area contributed by atoms with E-state index in [4.69, 9.17) is 14.9 Å². The van der Waals surface area contributed by atoms with Gasteiger partial charge < -0.3 is 9.84 Å². The molecule has 0 fully saturated rings. The molecule has 0 unspecified atom stereocenters. The van der Waals surface area contributed by atoms with Gasteiger partial charge in [-0.2, -0.15) is 5.10 Å². The number of nitrogens with one attached hydrogen (secondary N) is 1. The average Bonchev–Trinajstić information content (AvgIpc) is 3.41. The van der Waals surface area contributed by atoms with Gasteiger partial charge in [-0.1, -0.05) is 17.4 Å². The number of ether oxygens (including phenoxy) is 1. The van der Waals surface area contributed by atoms with Crippen molar-refractivity contribution in [1.82, 2.24) is 19.7 Å². The number of aliphatic hydroxyl groups is 1. The molecule has 5 rings (SSSR count). The van der Waals surface area contributed by atoms with Crippen molar-refractivity contribution < 1.29 is 14.6 Å². The molecule has 0 bridgehead atoms. The van der Waals surface area contributed by atoms with E-state index in [0.29, 0.717) is 11.7 Å². The van der Waals surface area contributed by atoms with E-state index in [1.54, 1.807) is 13.3 Å². The number of nitrogens with zero attached hydrogens (tertiary/aromatic N) is 4. The van der Waals surface area contributed by atoms with E-state index in [1.165, 1.54) is 11.3 Å². The van der Waals surface area contributed by atoms with Crippen LogP contribution in [0.4, 0.5) is 5.13 Å². The predicted molar refractivity (Wildman–Crippen MR) is 129 cm³/mol. The molecule has 3 heterocycles. The first-order valence-electron chi connectivity index (χ1n) is 10.3. The lowest BCUT2D eigenvalue weighted by Crippen LogP contribution is -2.15. The molecule has 8 nitrogen and oxygen atoms in total. The third-order valence-electron chi connectivity index (χ3n) is 5.38. The Morgan fingerprint density at radius 3 is 2.94 bits per heavy atom. The molecule has 1 amide bonds. The number of hydrogen-bond acceptors (Lipinski definition) is 7. The van der Waals surface area contributed by atoms with Crippen LogP contribution < -0.4 is 5.32 Å². The zero-order valence-corrected chi connectivity index (χ0v) is 20.1. The number of anilines is 1. The van der Waals surface area contributed by atoms with Crippen molar-refractivity contribution in [3.8, 4) is 27.5 Å². The number of methoxy groups -OCH3 is 1. The van der Waals surface area contributed by atoms with Crippen LogP contribution in [0.25, 0.3) is 27.5 Å². The summed E-state index contributed by atoms with van der Waals surface area (Å²) in [5, 5.41) is 17.3. The number of benzene rings is 1. The number of aliphatic hydroxyl groups excluding tert-OH is 1. The predicted octanol–water partition coefficient (Wildman–Crippen LogP) is 4.00. The van der Waals surface area contributed by atoms with Crippen LogP contribution >= 0.6 is 27.3 Å². The quantitative estimate of drug-likeness (QED) is 0.394. The number of amides is 1. The topological polar surface area (TPSA) is 102 Å². The van der Waals surface area contributed by atoms with E-state index in [-0.39, 0.29) is 0 Å². The maximum absolute atomic E-state index is 11.7. The first-order chi connectivity index (χ1) is 16.1. The van der Waals surface area contributed by atoms with Crippen LogP contribution in [0.3, 0.4) is 0 Å². The number of fused-ring (bicyclic) bond motifs is 3. The van der Waals surface area contributed by atoms with Gasteiger partial charge in [0.25, 0.3) is 5.91 Å². The van der Waals surface area contributed by atoms with Gasteiger partial charge in [-0.25, -0.2) is 9.67 Å². The molecule has 0 saturated heterocycles. The Bertz CT molecular complexity index is 1340. The summed E-state index contributed by atoms with van der Waals surface area (Å²) in [5.74, 6) is -0.484. The summed E-state index contributed by atoms with van der Waals surface area (Å²) in [6.07, 6.45) is 5.07. The Kier molecular flexibility index (Phi) is 6.07. The summed E-state index contributed by atoms with van der Waals surface area (Å²) >= 11 is 5.10. The molecule has 2 N–H and O–H groups in total. The van der Waals surface area contributed by atoms with E-state index in [0.717, 1.165) is 61.7 Å².